The Morgan fingerprint density at radius 1 is 1.13 bits per heavy atom. The third-order valence-electron chi connectivity index (χ3n) is 6.44. The molecule has 0 amide bonds. The number of piperidine rings is 1. The molecule has 2 bridgehead atoms. The smallest absolute Gasteiger partial charge is 0.410 e. The summed E-state index contributed by atoms with van der Waals surface area (Å²) in [6, 6.07) is 6.16. The molecule has 168 valence electrons. The molecule has 4 aliphatic rings. The molecule has 6 nitrogen and oxygen atoms in total. The van der Waals surface area contributed by atoms with Crippen LogP contribution < -0.4 is 9.46 Å². The van der Waals surface area contributed by atoms with Gasteiger partial charge in [0.25, 0.3) is 0 Å². The van der Waals surface area contributed by atoms with Gasteiger partial charge in [0.05, 0.1) is 19.0 Å². The van der Waals surface area contributed by atoms with Gasteiger partial charge >= 0.3 is 6.11 Å². The van der Waals surface area contributed by atoms with Crippen molar-refractivity contribution in [1.29, 1.82) is 0 Å². The highest BCUT2D eigenvalue weighted by Crippen LogP contribution is 2.40. The second-order valence-corrected chi connectivity index (χ2v) is 10.5. The van der Waals surface area contributed by atoms with E-state index in [0.717, 1.165) is 37.5 Å². The first-order valence-corrected chi connectivity index (χ1v) is 12.6. The van der Waals surface area contributed by atoms with Gasteiger partial charge in [-0.05, 0) is 62.6 Å². The van der Waals surface area contributed by atoms with Crippen LogP contribution in [0, 0.1) is 0 Å². The van der Waals surface area contributed by atoms with E-state index in [0.29, 0.717) is 19.4 Å². The number of hydrogen-bond acceptors (Lipinski definition) is 5. The number of alkyl halides is 2. The summed E-state index contributed by atoms with van der Waals surface area (Å²) in [7, 11) is -3.46. The highest BCUT2D eigenvalue weighted by Gasteiger charge is 2.42. The molecule has 0 unspecified atom stereocenters. The highest BCUT2D eigenvalue weighted by atomic mass is 32.2. The first-order chi connectivity index (χ1) is 14.2. The summed E-state index contributed by atoms with van der Waals surface area (Å²) in [5, 5.41) is 0. The Bertz CT molecular complexity index is 843. The normalized spacial score (nSPS) is 32.6. The largest absolute Gasteiger partial charge is 0.431 e. The van der Waals surface area contributed by atoms with E-state index in [1.807, 2.05) is 12.1 Å². The van der Waals surface area contributed by atoms with Crippen LogP contribution in [0.25, 0.3) is 0 Å². The standard InChI is InChI=1S/C21H30F2N2O4S/c1-30(26,27)24-18-6-4-12-25-14-21(22,23)29-20-7-3-2-5-17(20)15-8-10-16(11-9-15)28-13-19(18)25/h2-3,5,7,15-16,18-19,24H,4,6,8-14H2,1H3/t15-,16+,18-,19-/m0/s1. The van der Waals surface area contributed by atoms with Crippen LogP contribution in [0.3, 0.4) is 0 Å². The molecule has 2 atom stereocenters. The Kier molecular flexibility index (Phi) is 6.35. The van der Waals surface area contributed by atoms with Crippen molar-refractivity contribution >= 4 is 10.0 Å². The molecule has 2 fully saturated rings. The van der Waals surface area contributed by atoms with Crippen LogP contribution in [0.15, 0.2) is 24.3 Å². The van der Waals surface area contributed by atoms with Crippen molar-refractivity contribution in [3.63, 3.8) is 0 Å². The summed E-state index contributed by atoms with van der Waals surface area (Å²) in [5.41, 5.74) is 0.835. The lowest BCUT2D eigenvalue weighted by atomic mass is 9.82. The zero-order valence-electron chi connectivity index (χ0n) is 17.2. The summed E-state index contributed by atoms with van der Waals surface area (Å²) in [5.74, 6) is 0.422. The molecule has 1 saturated carbocycles. The van der Waals surface area contributed by atoms with Gasteiger partial charge in [0, 0.05) is 12.1 Å². The molecule has 1 saturated heterocycles. The average Bonchev–Trinajstić information content (AvgIpc) is 2.67. The lowest BCUT2D eigenvalue weighted by Crippen LogP contribution is -2.59. The minimum Gasteiger partial charge on any atom is -0.431 e. The topological polar surface area (TPSA) is 67.9 Å². The van der Waals surface area contributed by atoms with Crippen LogP contribution >= 0.6 is 0 Å². The van der Waals surface area contributed by atoms with Gasteiger partial charge < -0.3 is 9.47 Å². The van der Waals surface area contributed by atoms with E-state index in [2.05, 4.69) is 4.72 Å². The Morgan fingerprint density at radius 2 is 1.87 bits per heavy atom. The molecular formula is C21H30F2N2O4S. The molecule has 0 aromatic heterocycles. The molecule has 1 aromatic carbocycles. The van der Waals surface area contributed by atoms with Crippen LogP contribution in [0.5, 0.6) is 5.75 Å². The molecule has 1 aromatic rings. The molecule has 0 spiro atoms. The Labute approximate surface area is 177 Å². The number of rotatable bonds is 2. The summed E-state index contributed by atoms with van der Waals surface area (Å²) >= 11 is 0. The fourth-order valence-electron chi connectivity index (χ4n) is 5.07. The first kappa shape index (κ1) is 21.9. The quantitative estimate of drug-likeness (QED) is 0.759. The molecule has 3 aliphatic heterocycles. The van der Waals surface area contributed by atoms with Crippen LogP contribution in [-0.2, 0) is 14.8 Å². The minimum atomic E-state index is -3.46. The maximum Gasteiger partial charge on any atom is 0.410 e. The number of ether oxygens (including phenoxy) is 2. The van der Waals surface area contributed by atoms with Crippen LogP contribution in [0.2, 0.25) is 0 Å². The molecule has 30 heavy (non-hydrogen) atoms. The monoisotopic (exact) mass is 444 g/mol. The molecule has 0 radical (unpaired) electrons. The Hall–Kier alpha value is -1.29. The zero-order chi connectivity index (χ0) is 21.4. The number of nitrogens with zero attached hydrogens (tertiary/aromatic N) is 1. The van der Waals surface area contributed by atoms with E-state index >= 15 is 8.78 Å². The molecule has 5 rings (SSSR count). The number of sulfonamides is 1. The van der Waals surface area contributed by atoms with Crippen molar-refractivity contribution < 1.29 is 26.7 Å². The molecule has 1 N–H and O–H groups in total. The molecule has 1 aliphatic carbocycles. The SMILES string of the molecule is CS(=O)(=O)N[C@H]1CCCN2CC(F)(F)Oc3ccccc3[C@H]3CC[C@H](CC3)OC[C@@H]12. The van der Waals surface area contributed by atoms with Crippen LogP contribution in [0.1, 0.15) is 50.0 Å². The fourth-order valence-corrected chi connectivity index (χ4v) is 5.90. The van der Waals surface area contributed by atoms with E-state index in [1.54, 1.807) is 17.0 Å². The van der Waals surface area contributed by atoms with E-state index in [-0.39, 0.29) is 24.4 Å². The lowest BCUT2D eigenvalue weighted by Gasteiger charge is -2.42. The Morgan fingerprint density at radius 3 is 2.60 bits per heavy atom. The summed E-state index contributed by atoms with van der Waals surface area (Å²) in [6.45, 7) is 0.0715. The predicted molar refractivity (Wildman–Crippen MR) is 109 cm³/mol. The van der Waals surface area contributed by atoms with Gasteiger partial charge in [-0.25, -0.2) is 13.1 Å². The van der Waals surface area contributed by atoms with Gasteiger partial charge in [-0.1, -0.05) is 18.2 Å². The van der Waals surface area contributed by atoms with Crippen molar-refractivity contribution in [2.45, 2.75) is 68.7 Å². The predicted octanol–water partition coefficient (Wildman–Crippen LogP) is 3.10. The number of para-hydroxylation sites is 1. The molecule has 3 heterocycles. The van der Waals surface area contributed by atoms with Gasteiger partial charge in [0.15, 0.2) is 0 Å². The van der Waals surface area contributed by atoms with Crippen LogP contribution in [-0.4, -0.2) is 63.6 Å². The molecule has 9 heteroatoms. The molecular weight excluding hydrogens is 414 g/mol. The van der Waals surface area contributed by atoms with Crippen molar-refractivity contribution in [2.24, 2.45) is 0 Å². The van der Waals surface area contributed by atoms with E-state index in [9.17, 15) is 8.42 Å². The van der Waals surface area contributed by atoms with Crippen molar-refractivity contribution in [1.82, 2.24) is 9.62 Å². The third kappa shape index (κ3) is 5.30. The Balaban J connectivity index is 1.64. The maximum atomic E-state index is 15.0. The van der Waals surface area contributed by atoms with E-state index < -0.39 is 34.8 Å². The number of benzene rings is 1. The summed E-state index contributed by atoms with van der Waals surface area (Å²) in [6.07, 6.45) is 2.42. The van der Waals surface area contributed by atoms with Crippen molar-refractivity contribution in [3.8, 4) is 5.75 Å². The van der Waals surface area contributed by atoms with Gasteiger partial charge in [-0.3, -0.25) is 4.90 Å². The van der Waals surface area contributed by atoms with Gasteiger partial charge in [-0.15, -0.1) is 0 Å². The zero-order valence-corrected chi connectivity index (χ0v) is 18.0. The first-order valence-electron chi connectivity index (χ1n) is 10.7. The maximum absolute atomic E-state index is 15.0. The third-order valence-corrected chi connectivity index (χ3v) is 7.17. The van der Waals surface area contributed by atoms with Gasteiger partial charge in [-0.2, -0.15) is 8.78 Å². The average molecular weight is 445 g/mol. The number of hydrogen-bond donors (Lipinski definition) is 1. The van der Waals surface area contributed by atoms with Crippen LogP contribution in [0.4, 0.5) is 8.78 Å². The second-order valence-electron chi connectivity index (χ2n) is 8.76. The van der Waals surface area contributed by atoms with Crippen molar-refractivity contribution in [2.75, 3.05) is 26.0 Å². The number of fused-ring (bicyclic) bond motifs is 5. The second kappa shape index (κ2) is 8.68. The summed E-state index contributed by atoms with van der Waals surface area (Å²) in [4.78, 5) is 1.62. The highest BCUT2D eigenvalue weighted by molar-refractivity contribution is 7.88. The van der Waals surface area contributed by atoms with Crippen molar-refractivity contribution in [3.05, 3.63) is 29.8 Å². The van der Waals surface area contributed by atoms with E-state index in [1.165, 1.54) is 0 Å². The number of halogens is 2. The minimum absolute atomic E-state index is 0.0678. The van der Waals surface area contributed by atoms with E-state index in [4.69, 9.17) is 9.47 Å². The number of nitrogens with one attached hydrogen (secondary N) is 1. The fraction of sp³-hybridized carbons (Fsp3) is 0.714. The van der Waals surface area contributed by atoms with Gasteiger partial charge in [0.2, 0.25) is 10.0 Å². The summed E-state index contributed by atoms with van der Waals surface area (Å²) < 4.78 is 67.8. The van der Waals surface area contributed by atoms with Gasteiger partial charge in [0.1, 0.15) is 12.3 Å². The lowest BCUT2D eigenvalue weighted by molar-refractivity contribution is -0.197.